The molecule has 0 aliphatic heterocycles. The van der Waals surface area contributed by atoms with Crippen molar-refractivity contribution < 1.29 is 14.7 Å². The van der Waals surface area contributed by atoms with E-state index >= 15 is 0 Å². The van der Waals surface area contributed by atoms with Crippen molar-refractivity contribution in [3.8, 4) is 0 Å². The highest BCUT2D eigenvalue weighted by Crippen LogP contribution is 2.27. The number of amides is 1. The van der Waals surface area contributed by atoms with Crippen molar-refractivity contribution >= 4 is 11.9 Å². The lowest BCUT2D eigenvalue weighted by Crippen LogP contribution is -2.25. The molecular weight excluding hydrogens is 170 g/mol. The topological polar surface area (TPSA) is 66.4 Å². The van der Waals surface area contributed by atoms with E-state index in [9.17, 15) is 9.59 Å². The standard InChI is InChI=1S/C9H15NO3/c11-8(2-1-3-9(12)13)10-6-7-4-5-7/h7H,1-6H2,(H,10,11)(H,12,13). The van der Waals surface area contributed by atoms with Gasteiger partial charge in [0.15, 0.2) is 0 Å². The third-order valence-electron chi connectivity index (χ3n) is 2.08. The summed E-state index contributed by atoms with van der Waals surface area (Å²) in [4.78, 5) is 21.2. The third kappa shape index (κ3) is 5.22. The molecule has 0 aromatic rings. The van der Waals surface area contributed by atoms with Gasteiger partial charge in [-0.1, -0.05) is 0 Å². The first-order valence-corrected chi connectivity index (χ1v) is 4.67. The molecule has 4 heteroatoms. The van der Waals surface area contributed by atoms with Gasteiger partial charge in [-0.05, 0) is 25.2 Å². The minimum atomic E-state index is -0.838. The number of carbonyl (C=O) groups excluding carboxylic acids is 1. The predicted molar refractivity (Wildman–Crippen MR) is 47.2 cm³/mol. The molecule has 0 saturated heterocycles. The van der Waals surface area contributed by atoms with Crippen molar-refractivity contribution in [1.82, 2.24) is 5.32 Å². The maximum atomic E-state index is 11.1. The van der Waals surface area contributed by atoms with Gasteiger partial charge in [-0.3, -0.25) is 9.59 Å². The minimum absolute atomic E-state index is 0.0202. The maximum absolute atomic E-state index is 11.1. The van der Waals surface area contributed by atoms with E-state index in [0.29, 0.717) is 18.8 Å². The molecule has 2 N–H and O–H groups in total. The lowest BCUT2D eigenvalue weighted by Gasteiger charge is -2.02. The van der Waals surface area contributed by atoms with E-state index < -0.39 is 5.97 Å². The molecule has 0 aromatic carbocycles. The fraction of sp³-hybridized carbons (Fsp3) is 0.778. The van der Waals surface area contributed by atoms with Gasteiger partial charge < -0.3 is 10.4 Å². The minimum Gasteiger partial charge on any atom is -0.481 e. The van der Waals surface area contributed by atoms with Gasteiger partial charge in [0, 0.05) is 19.4 Å². The Morgan fingerprint density at radius 1 is 1.31 bits per heavy atom. The van der Waals surface area contributed by atoms with Gasteiger partial charge in [0.25, 0.3) is 0 Å². The fourth-order valence-corrected chi connectivity index (χ4v) is 1.07. The van der Waals surface area contributed by atoms with Gasteiger partial charge in [-0.25, -0.2) is 0 Å². The predicted octanol–water partition coefficient (Wildman–Crippen LogP) is 0.767. The molecule has 0 spiro atoms. The first kappa shape index (κ1) is 10.0. The van der Waals surface area contributed by atoms with E-state index in [0.717, 1.165) is 6.54 Å². The molecule has 0 bridgehead atoms. The van der Waals surface area contributed by atoms with Crippen LogP contribution in [0, 0.1) is 5.92 Å². The third-order valence-corrected chi connectivity index (χ3v) is 2.08. The smallest absolute Gasteiger partial charge is 0.303 e. The van der Waals surface area contributed by atoms with Gasteiger partial charge in [-0.2, -0.15) is 0 Å². The van der Waals surface area contributed by atoms with E-state index in [-0.39, 0.29) is 12.3 Å². The van der Waals surface area contributed by atoms with E-state index in [1.807, 2.05) is 0 Å². The Morgan fingerprint density at radius 3 is 2.54 bits per heavy atom. The van der Waals surface area contributed by atoms with Crippen molar-refractivity contribution in [2.75, 3.05) is 6.54 Å². The SMILES string of the molecule is O=C(O)CCCC(=O)NCC1CC1. The number of hydrogen-bond donors (Lipinski definition) is 2. The van der Waals surface area contributed by atoms with Crippen LogP contribution in [-0.4, -0.2) is 23.5 Å². The molecule has 1 aliphatic carbocycles. The number of aliphatic carboxylic acids is 1. The molecule has 1 fully saturated rings. The number of hydrogen-bond acceptors (Lipinski definition) is 2. The highest BCUT2D eigenvalue weighted by molar-refractivity contribution is 5.76. The zero-order valence-electron chi connectivity index (χ0n) is 7.58. The van der Waals surface area contributed by atoms with Crippen molar-refractivity contribution in [3.63, 3.8) is 0 Å². The summed E-state index contributed by atoms with van der Waals surface area (Å²) in [6.45, 7) is 0.770. The van der Waals surface area contributed by atoms with Gasteiger partial charge in [0.1, 0.15) is 0 Å². The lowest BCUT2D eigenvalue weighted by atomic mass is 10.2. The largest absolute Gasteiger partial charge is 0.481 e. The Balaban J connectivity index is 1.93. The van der Waals surface area contributed by atoms with E-state index in [1.54, 1.807) is 0 Å². The molecule has 0 aromatic heterocycles. The average Bonchev–Trinajstić information content (AvgIpc) is 2.83. The molecule has 0 unspecified atom stereocenters. The molecule has 1 saturated carbocycles. The summed E-state index contributed by atoms with van der Waals surface area (Å²) in [6.07, 6.45) is 3.28. The summed E-state index contributed by atoms with van der Waals surface area (Å²) < 4.78 is 0. The van der Waals surface area contributed by atoms with Crippen LogP contribution in [0.2, 0.25) is 0 Å². The first-order chi connectivity index (χ1) is 6.18. The second-order valence-electron chi connectivity index (χ2n) is 3.49. The van der Waals surface area contributed by atoms with Crippen molar-refractivity contribution in [3.05, 3.63) is 0 Å². The molecule has 0 radical (unpaired) electrons. The van der Waals surface area contributed by atoms with Gasteiger partial charge in [0.2, 0.25) is 5.91 Å². The van der Waals surface area contributed by atoms with Crippen molar-refractivity contribution in [1.29, 1.82) is 0 Å². The van der Waals surface area contributed by atoms with Gasteiger partial charge in [-0.15, -0.1) is 0 Å². The van der Waals surface area contributed by atoms with Crippen LogP contribution in [0.5, 0.6) is 0 Å². The zero-order chi connectivity index (χ0) is 9.68. The van der Waals surface area contributed by atoms with E-state index in [4.69, 9.17) is 5.11 Å². The zero-order valence-corrected chi connectivity index (χ0v) is 7.58. The Hall–Kier alpha value is -1.06. The quantitative estimate of drug-likeness (QED) is 0.642. The van der Waals surface area contributed by atoms with E-state index in [1.165, 1.54) is 12.8 Å². The van der Waals surface area contributed by atoms with Crippen LogP contribution in [-0.2, 0) is 9.59 Å². The number of carboxylic acid groups (broad SMARTS) is 1. The normalized spacial score (nSPS) is 15.4. The van der Waals surface area contributed by atoms with Crippen molar-refractivity contribution in [2.24, 2.45) is 5.92 Å². The number of rotatable bonds is 6. The Morgan fingerprint density at radius 2 is 2.00 bits per heavy atom. The molecule has 74 valence electrons. The summed E-state index contributed by atoms with van der Waals surface area (Å²) in [7, 11) is 0. The highest BCUT2D eigenvalue weighted by Gasteiger charge is 2.21. The Labute approximate surface area is 77.3 Å². The molecule has 13 heavy (non-hydrogen) atoms. The van der Waals surface area contributed by atoms with Gasteiger partial charge >= 0.3 is 5.97 Å². The molecular formula is C9H15NO3. The molecule has 1 rings (SSSR count). The number of carbonyl (C=O) groups is 2. The highest BCUT2D eigenvalue weighted by atomic mass is 16.4. The first-order valence-electron chi connectivity index (χ1n) is 4.67. The van der Waals surface area contributed by atoms with Gasteiger partial charge in [0.05, 0.1) is 0 Å². The summed E-state index contributed by atoms with van der Waals surface area (Å²) in [5.74, 6) is -0.174. The fourth-order valence-electron chi connectivity index (χ4n) is 1.07. The Bertz CT molecular complexity index is 199. The number of carboxylic acids is 1. The summed E-state index contributed by atoms with van der Waals surface area (Å²) in [5.41, 5.74) is 0. The molecule has 0 atom stereocenters. The van der Waals surface area contributed by atoms with Crippen LogP contribution >= 0.6 is 0 Å². The summed E-state index contributed by atoms with van der Waals surface area (Å²) in [5, 5.41) is 11.1. The van der Waals surface area contributed by atoms with Crippen LogP contribution in [0.1, 0.15) is 32.1 Å². The van der Waals surface area contributed by atoms with Crippen LogP contribution in [0.4, 0.5) is 0 Å². The molecule has 1 amide bonds. The monoisotopic (exact) mass is 185 g/mol. The van der Waals surface area contributed by atoms with Crippen LogP contribution in [0.25, 0.3) is 0 Å². The second-order valence-corrected chi connectivity index (χ2v) is 3.49. The van der Waals surface area contributed by atoms with E-state index in [2.05, 4.69) is 5.32 Å². The average molecular weight is 185 g/mol. The van der Waals surface area contributed by atoms with Crippen LogP contribution < -0.4 is 5.32 Å². The Kier molecular flexibility index (Phi) is 3.73. The maximum Gasteiger partial charge on any atom is 0.303 e. The van der Waals surface area contributed by atoms with Crippen LogP contribution in [0.15, 0.2) is 0 Å². The second kappa shape index (κ2) is 4.84. The van der Waals surface area contributed by atoms with Crippen molar-refractivity contribution in [2.45, 2.75) is 32.1 Å². The molecule has 1 aliphatic rings. The lowest BCUT2D eigenvalue weighted by molar-refractivity contribution is -0.137. The summed E-state index contributed by atoms with van der Waals surface area (Å²) >= 11 is 0. The number of nitrogens with one attached hydrogen (secondary N) is 1. The molecule has 0 heterocycles. The van der Waals surface area contributed by atoms with Crippen LogP contribution in [0.3, 0.4) is 0 Å². The summed E-state index contributed by atoms with van der Waals surface area (Å²) in [6, 6.07) is 0. The molecule has 4 nitrogen and oxygen atoms in total.